The van der Waals surface area contributed by atoms with E-state index in [1.165, 1.54) is 17.4 Å². The zero-order valence-corrected chi connectivity index (χ0v) is 27.5. The molecule has 2 aliphatic rings. The predicted octanol–water partition coefficient (Wildman–Crippen LogP) is 3.99. The molecule has 1 aliphatic heterocycles. The van der Waals surface area contributed by atoms with Crippen LogP contribution in [0.15, 0.2) is 49.6 Å². The number of ketones is 1. The van der Waals surface area contributed by atoms with Gasteiger partial charge in [0.1, 0.15) is 12.1 Å². The molecule has 10 nitrogen and oxygen atoms in total. The molecule has 3 rings (SSSR count). The van der Waals surface area contributed by atoms with Crippen molar-refractivity contribution in [2.24, 2.45) is 5.92 Å². The van der Waals surface area contributed by atoms with E-state index in [2.05, 4.69) is 48.3 Å². The Morgan fingerprint density at radius 1 is 0.933 bits per heavy atom. The summed E-state index contributed by atoms with van der Waals surface area (Å²) in [4.78, 5) is 67.4. The Kier molecular flexibility index (Phi) is 16.1. The summed E-state index contributed by atoms with van der Waals surface area (Å²) in [6.45, 7) is 15.9. The van der Waals surface area contributed by atoms with Gasteiger partial charge in [0.2, 0.25) is 17.6 Å². The maximum absolute atomic E-state index is 14.1. The Balaban J connectivity index is 0.00000226. The van der Waals surface area contributed by atoms with Gasteiger partial charge in [-0.3, -0.25) is 19.2 Å². The van der Waals surface area contributed by atoms with Crippen molar-refractivity contribution in [1.82, 2.24) is 26.2 Å². The van der Waals surface area contributed by atoms with Gasteiger partial charge in [-0.1, -0.05) is 70.5 Å². The van der Waals surface area contributed by atoms with Crippen molar-refractivity contribution in [2.75, 3.05) is 13.1 Å². The van der Waals surface area contributed by atoms with Crippen LogP contribution in [0.4, 0.5) is 4.79 Å². The Labute approximate surface area is 268 Å². The number of fused-ring (bicyclic) bond motifs is 1. The van der Waals surface area contributed by atoms with Gasteiger partial charge in [-0.05, 0) is 68.4 Å². The van der Waals surface area contributed by atoms with Gasteiger partial charge in [0.25, 0.3) is 5.91 Å². The van der Waals surface area contributed by atoms with Gasteiger partial charge in [-0.15, -0.1) is 13.2 Å². The molecule has 1 fully saturated rings. The molecule has 0 radical (unpaired) electrons. The Hall–Kier alpha value is -3.95. The van der Waals surface area contributed by atoms with Crippen LogP contribution in [-0.4, -0.2) is 71.7 Å². The van der Waals surface area contributed by atoms with Crippen LogP contribution in [0.5, 0.6) is 0 Å². The van der Waals surface area contributed by atoms with Crippen LogP contribution in [0.3, 0.4) is 0 Å². The molecule has 5 amide bonds. The number of benzene rings is 1. The second-order valence-corrected chi connectivity index (χ2v) is 11.7. The smallest absolute Gasteiger partial charge is 0.315 e. The zero-order chi connectivity index (χ0) is 33.4. The Bertz CT molecular complexity index is 1160. The summed E-state index contributed by atoms with van der Waals surface area (Å²) in [7, 11) is 0. The summed E-state index contributed by atoms with van der Waals surface area (Å²) in [5.41, 5.74) is 2.30. The zero-order valence-electron chi connectivity index (χ0n) is 27.5. The highest BCUT2D eigenvalue weighted by molar-refractivity contribution is 6.38. The molecule has 0 aromatic heterocycles. The molecular formula is C35H53N5O5. The fourth-order valence-electron chi connectivity index (χ4n) is 5.78. The van der Waals surface area contributed by atoms with Crippen LogP contribution in [-0.2, 0) is 32.0 Å². The quantitative estimate of drug-likeness (QED) is 0.173. The fraction of sp³-hybridized carbons (Fsp3) is 0.571. The largest absolute Gasteiger partial charge is 0.346 e. The number of carbonyl (C=O) groups excluding carboxylic acids is 5. The highest BCUT2D eigenvalue weighted by atomic mass is 16.2. The van der Waals surface area contributed by atoms with Crippen molar-refractivity contribution >= 4 is 29.5 Å². The highest BCUT2D eigenvalue weighted by Gasteiger charge is 2.43. The maximum atomic E-state index is 14.1. The van der Waals surface area contributed by atoms with Crippen LogP contribution < -0.4 is 21.3 Å². The van der Waals surface area contributed by atoms with E-state index in [4.69, 9.17) is 0 Å². The first-order valence-corrected chi connectivity index (χ1v) is 16.4. The third-order valence-corrected chi connectivity index (χ3v) is 8.19. The van der Waals surface area contributed by atoms with Crippen molar-refractivity contribution in [1.29, 1.82) is 0 Å². The van der Waals surface area contributed by atoms with Crippen molar-refractivity contribution in [2.45, 2.75) is 110 Å². The first-order valence-electron chi connectivity index (χ1n) is 16.4. The average Bonchev–Trinajstić information content (AvgIpc) is 3.71. The number of hydrogen-bond donors (Lipinski definition) is 4. The first kappa shape index (κ1) is 37.2. The molecule has 3 atom stereocenters. The van der Waals surface area contributed by atoms with E-state index < -0.39 is 41.8 Å². The third kappa shape index (κ3) is 10.9. The number of rotatable bonds is 15. The summed E-state index contributed by atoms with van der Waals surface area (Å²) < 4.78 is 0. The molecule has 1 aliphatic carbocycles. The number of carbonyl (C=O) groups is 5. The second-order valence-electron chi connectivity index (χ2n) is 11.7. The number of hydrogen-bond acceptors (Lipinski definition) is 5. The molecule has 1 saturated heterocycles. The van der Waals surface area contributed by atoms with E-state index in [-0.39, 0.29) is 30.8 Å². The highest BCUT2D eigenvalue weighted by Crippen LogP contribution is 2.31. The van der Waals surface area contributed by atoms with Gasteiger partial charge >= 0.3 is 6.03 Å². The molecule has 2 unspecified atom stereocenters. The number of nitrogens with one attached hydrogen (secondary N) is 4. The lowest BCUT2D eigenvalue weighted by Gasteiger charge is -2.32. The van der Waals surface area contributed by atoms with Crippen molar-refractivity contribution in [3.63, 3.8) is 0 Å². The predicted molar refractivity (Wildman–Crippen MR) is 177 cm³/mol. The van der Waals surface area contributed by atoms with Crippen molar-refractivity contribution in [3.05, 3.63) is 60.7 Å². The van der Waals surface area contributed by atoms with Gasteiger partial charge in [-0.2, -0.15) is 0 Å². The third-order valence-electron chi connectivity index (χ3n) is 8.19. The van der Waals surface area contributed by atoms with Crippen LogP contribution in [0.25, 0.3) is 0 Å². The lowest BCUT2D eigenvalue weighted by Crippen LogP contribution is -2.59. The van der Waals surface area contributed by atoms with Gasteiger partial charge in [-0.25, -0.2) is 4.79 Å². The molecule has 4 N–H and O–H groups in total. The minimum absolute atomic E-state index is 0.0134. The lowest BCUT2D eigenvalue weighted by atomic mass is 9.94. The van der Waals surface area contributed by atoms with E-state index in [1.54, 1.807) is 6.08 Å². The lowest BCUT2D eigenvalue weighted by molar-refractivity contribution is -0.143. The number of nitrogens with zero attached hydrogens (tertiary/aromatic N) is 1. The minimum Gasteiger partial charge on any atom is -0.346 e. The summed E-state index contributed by atoms with van der Waals surface area (Å²) >= 11 is 0. The van der Waals surface area contributed by atoms with Gasteiger partial charge in [0, 0.05) is 19.1 Å². The number of likely N-dealkylation sites (tertiary alicyclic amines) is 1. The molecular weight excluding hydrogens is 570 g/mol. The number of urea groups is 1. The molecule has 1 heterocycles. The minimum atomic E-state index is -1.05. The van der Waals surface area contributed by atoms with E-state index in [0.29, 0.717) is 38.6 Å². The van der Waals surface area contributed by atoms with E-state index in [1.807, 2.05) is 38.1 Å². The molecule has 1 aromatic carbocycles. The monoisotopic (exact) mass is 623 g/mol. The number of Topliss-reactive ketones (excluding diaryl/α,β-unsaturated/α-hetero) is 1. The second kappa shape index (κ2) is 19.4. The number of amides is 5. The standard InChI is InChI=1S/C32H45N5O5.C3H8/c1-5-9-15-25(28(38)30(40)33-17-6-2)35-29(39)26-16-12-18-37(26)31(41)27(36-32(42)34-24(7-3)8-4)23-19-21-13-10-11-14-22(21)20-23;1-3-2/h5-6,10-11,13-14,23-27H,1-2,7-9,12,15-20H2,3-4H3,(H,33,40)(H,35,39)(H2,34,36,42);3H2,1-2H3/t25?,26-,27?;/m0./s1. The topological polar surface area (TPSA) is 137 Å². The summed E-state index contributed by atoms with van der Waals surface area (Å²) in [6.07, 6.45) is 8.78. The Morgan fingerprint density at radius 2 is 1.56 bits per heavy atom. The molecule has 1 aromatic rings. The molecule has 10 heteroatoms. The molecule has 45 heavy (non-hydrogen) atoms. The number of allylic oxidation sites excluding steroid dienone is 1. The van der Waals surface area contributed by atoms with E-state index in [0.717, 1.165) is 24.0 Å². The van der Waals surface area contributed by atoms with Gasteiger partial charge < -0.3 is 26.2 Å². The maximum Gasteiger partial charge on any atom is 0.315 e. The average molecular weight is 624 g/mol. The summed E-state index contributed by atoms with van der Waals surface area (Å²) in [6, 6.07) is 4.90. The fourth-order valence-corrected chi connectivity index (χ4v) is 5.78. The molecule has 0 saturated carbocycles. The molecule has 0 bridgehead atoms. The van der Waals surface area contributed by atoms with Crippen molar-refractivity contribution < 1.29 is 24.0 Å². The SMILES string of the molecule is C=CCCC(NC(=O)[C@@H]1CCCN1C(=O)C(NC(=O)NC(CC)CC)C1Cc2ccccc2C1)C(=O)C(=O)NCC=C.CCC. The van der Waals surface area contributed by atoms with E-state index in [9.17, 15) is 24.0 Å². The normalized spacial score (nSPS) is 16.8. The molecule has 248 valence electrons. The van der Waals surface area contributed by atoms with Crippen LogP contribution in [0.1, 0.15) is 83.8 Å². The summed E-state index contributed by atoms with van der Waals surface area (Å²) in [5, 5.41) is 11.1. The van der Waals surface area contributed by atoms with Crippen LogP contribution in [0.2, 0.25) is 0 Å². The molecule has 0 spiro atoms. The van der Waals surface area contributed by atoms with E-state index >= 15 is 0 Å². The van der Waals surface area contributed by atoms with Gasteiger partial charge in [0.15, 0.2) is 0 Å². The summed E-state index contributed by atoms with van der Waals surface area (Å²) in [5.74, 6) is -2.54. The van der Waals surface area contributed by atoms with Crippen molar-refractivity contribution in [3.8, 4) is 0 Å². The Morgan fingerprint density at radius 3 is 2.11 bits per heavy atom. The van der Waals surface area contributed by atoms with Crippen LogP contribution >= 0.6 is 0 Å². The first-order chi connectivity index (χ1) is 21.6. The van der Waals surface area contributed by atoms with Crippen LogP contribution in [0, 0.1) is 5.92 Å². The van der Waals surface area contributed by atoms with Gasteiger partial charge in [0.05, 0.1) is 6.04 Å².